The summed E-state index contributed by atoms with van der Waals surface area (Å²) in [5.74, 6) is 0.991. The highest BCUT2D eigenvalue weighted by atomic mass is 16.5. The lowest BCUT2D eigenvalue weighted by molar-refractivity contribution is -0.136. The van der Waals surface area contributed by atoms with Gasteiger partial charge in [-0.3, -0.25) is 9.36 Å². The van der Waals surface area contributed by atoms with Crippen molar-refractivity contribution in [3.8, 4) is 11.1 Å². The fourth-order valence-electron chi connectivity index (χ4n) is 8.07. The lowest BCUT2D eigenvalue weighted by Gasteiger charge is -2.30. The Labute approximate surface area is 320 Å². The van der Waals surface area contributed by atoms with E-state index in [0.29, 0.717) is 34.8 Å². The van der Waals surface area contributed by atoms with Gasteiger partial charge in [-0.15, -0.1) is 0 Å². The van der Waals surface area contributed by atoms with Gasteiger partial charge < -0.3 is 24.3 Å². The van der Waals surface area contributed by atoms with Gasteiger partial charge >= 0.3 is 5.97 Å². The number of benzene rings is 4. The second-order valence-electron chi connectivity index (χ2n) is 15.3. The molecule has 0 saturated carbocycles. The number of ether oxygens (including phenoxy) is 1. The van der Waals surface area contributed by atoms with Crippen molar-refractivity contribution in [1.82, 2.24) is 4.57 Å². The fourth-order valence-corrected chi connectivity index (χ4v) is 8.07. The maximum Gasteiger partial charge on any atom is 0.308 e. The Morgan fingerprint density at radius 2 is 1.07 bits per heavy atom. The fraction of sp³-hybridized carbons (Fsp3) is 0.250. The van der Waals surface area contributed by atoms with Crippen LogP contribution >= 0.6 is 0 Å². The lowest BCUT2D eigenvalue weighted by Crippen LogP contribution is -2.36. The molecular weight excluding hydrogens is 687 g/mol. The number of carbonyl (C=O) groups excluding carboxylic acids is 1. The normalized spacial score (nSPS) is 16.9. The molecular formula is C44H43N9O2. The summed E-state index contributed by atoms with van der Waals surface area (Å²) >= 11 is 0. The zero-order chi connectivity index (χ0) is 38.4. The summed E-state index contributed by atoms with van der Waals surface area (Å²) in [5, 5.41) is 2.19. The second kappa shape index (κ2) is 12.5. The Morgan fingerprint density at radius 3 is 1.58 bits per heavy atom. The van der Waals surface area contributed by atoms with E-state index in [-0.39, 0.29) is 5.92 Å². The molecule has 1 unspecified atom stereocenters. The summed E-state index contributed by atoms with van der Waals surface area (Å²) in [6.45, 7) is 1.41. The number of hydrogen-bond donors (Lipinski definition) is 0. The predicted molar refractivity (Wildman–Crippen MR) is 227 cm³/mol. The number of nitrogens with zero attached hydrogens (tertiary/aromatic N) is 9. The van der Waals surface area contributed by atoms with E-state index in [1.54, 1.807) is 0 Å². The molecule has 0 amide bonds. The number of aromatic nitrogens is 1. The van der Waals surface area contributed by atoms with E-state index in [1.165, 1.54) is 6.92 Å². The zero-order valence-electron chi connectivity index (χ0n) is 32.6. The largest absolute Gasteiger partial charge is 0.427 e. The van der Waals surface area contributed by atoms with Crippen LogP contribution in [0.25, 0.3) is 32.9 Å². The van der Waals surface area contributed by atoms with Gasteiger partial charge in [-0.2, -0.15) is 4.99 Å². The topological polar surface area (TPSA) is 93.6 Å². The van der Waals surface area contributed by atoms with E-state index in [9.17, 15) is 4.79 Å². The van der Waals surface area contributed by atoms with Crippen LogP contribution < -0.4 is 19.6 Å². The van der Waals surface area contributed by atoms with Gasteiger partial charge in [0.15, 0.2) is 0 Å². The minimum atomic E-state index is -0.420. The van der Waals surface area contributed by atoms with Gasteiger partial charge in [-0.25, -0.2) is 15.0 Å². The molecule has 0 bridgehead atoms. The van der Waals surface area contributed by atoms with E-state index in [2.05, 4.69) is 125 Å². The summed E-state index contributed by atoms with van der Waals surface area (Å²) in [5.41, 5.74) is 12.2. The van der Waals surface area contributed by atoms with E-state index >= 15 is 0 Å². The molecule has 4 aromatic carbocycles. The molecule has 55 heavy (non-hydrogen) atoms. The van der Waals surface area contributed by atoms with Gasteiger partial charge in [-0.1, -0.05) is 24.3 Å². The molecule has 0 spiro atoms. The lowest BCUT2D eigenvalue weighted by atomic mass is 9.88. The molecule has 0 N–H and O–H groups in total. The average Bonchev–Trinajstić information content (AvgIpc) is 3.65. The van der Waals surface area contributed by atoms with Crippen LogP contribution in [0, 0.1) is 5.92 Å². The Hall–Kier alpha value is -6.49. The van der Waals surface area contributed by atoms with Crippen molar-refractivity contribution in [3.05, 3.63) is 108 Å². The van der Waals surface area contributed by atoms with Gasteiger partial charge in [0.2, 0.25) is 5.96 Å². The van der Waals surface area contributed by atoms with Crippen LogP contribution in [0.2, 0.25) is 0 Å². The first-order chi connectivity index (χ1) is 26.4. The summed E-state index contributed by atoms with van der Waals surface area (Å²) in [6, 6.07) is 26.2. The molecule has 1 atom stereocenters. The van der Waals surface area contributed by atoms with Crippen molar-refractivity contribution in [2.45, 2.75) is 12.8 Å². The number of allylic oxidation sites excluding steroid dienone is 2. The number of hydrogen-bond acceptors (Lipinski definition) is 10. The molecule has 0 fully saturated rings. The molecule has 1 aromatic heterocycles. The van der Waals surface area contributed by atoms with Gasteiger partial charge in [0.25, 0.3) is 0 Å². The van der Waals surface area contributed by atoms with Crippen molar-refractivity contribution in [3.63, 3.8) is 0 Å². The second-order valence-corrected chi connectivity index (χ2v) is 15.3. The smallest absolute Gasteiger partial charge is 0.308 e. The Kier molecular flexibility index (Phi) is 7.82. The van der Waals surface area contributed by atoms with E-state index in [1.807, 2.05) is 40.3 Å². The number of rotatable bonds is 6. The highest BCUT2D eigenvalue weighted by molar-refractivity contribution is 6.28. The maximum atomic E-state index is 12.3. The van der Waals surface area contributed by atoms with Crippen molar-refractivity contribution >= 4 is 73.9 Å². The van der Waals surface area contributed by atoms with Gasteiger partial charge in [0.05, 0.1) is 28.4 Å². The van der Waals surface area contributed by atoms with Crippen LogP contribution in [0.5, 0.6) is 0 Å². The number of esters is 1. The first-order valence-electron chi connectivity index (χ1n) is 18.4. The van der Waals surface area contributed by atoms with E-state index in [4.69, 9.17) is 24.7 Å². The highest BCUT2D eigenvalue weighted by Crippen LogP contribution is 2.49. The van der Waals surface area contributed by atoms with Gasteiger partial charge in [-0.05, 0) is 70.8 Å². The average molecular weight is 730 g/mol. The van der Waals surface area contributed by atoms with Crippen molar-refractivity contribution in [2.24, 2.45) is 25.9 Å². The van der Waals surface area contributed by atoms with Crippen LogP contribution in [0.3, 0.4) is 0 Å². The Morgan fingerprint density at radius 1 is 0.582 bits per heavy atom. The summed E-state index contributed by atoms with van der Waals surface area (Å²) < 4.78 is 7.86. The van der Waals surface area contributed by atoms with Gasteiger partial charge in [0, 0.05) is 109 Å². The molecule has 2 aliphatic heterocycles. The standard InChI is InChI=1S/C44H43N9O2/c1-24(54)55-29-22-36-41-37(23-29)46-44(53-38-20-27(51(6)7)12-16-32(38)33-17-13-28(52(8)9)21-39(33)53)48-43(41)47-42(45-36)40-34-18-25(49(2)3)10-14-30(34)31-15-11-26(50(4)5)19-35(31)40/h10-23,40-41H,1-9H3. The summed E-state index contributed by atoms with van der Waals surface area (Å²) in [4.78, 5) is 42.0. The first kappa shape index (κ1) is 34.3. The van der Waals surface area contributed by atoms with Crippen molar-refractivity contribution in [2.75, 3.05) is 76.0 Å². The number of fused-ring (bicyclic) bond motifs is 6. The number of anilines is 4. The number of aliphatic imine (C=N–C) groups is 4. The molecule has 2 aliphatic carbocycles. The third-order valence-corrected chi connectivity index (χ3v) is 10.8. The Bertz CT molecular complexity index is 2560. The van der Waals surface area contributed by atoms with Crippen LogP contribution in [-0.2, 0) is 9.53 Å². The third kappa shape index (κ3) is 5.52. The quantitative estimate of drug-likeness (QED) is 0.170. The molecule has 9 rings (SSSR count). The monoisotopic (exact) mass is 729 g/mol. The van der Waals surface area contributed by atoms with Crippen LogP contribution in [0.1, 0.15) is 24.0 Å². The van der Waals surface area contributed by atoms with Crippen molar-refractivity contribution < 1.29 is 9.53 Å². The highest BCUT2D eigenvalue weighted by Gasteiger charge is 2.41. The molecule has 5 aromatic rings. The minimum absolute atomic E-state index is 0.262. The number of amidine groups is 2. The first-order valence-corrected chi connectivity index (χ1v) is 18.4. The van der Waals surface area contributed by atoms with Crippen molar-refractivity contribution in [1.29, 1.82) is 0 Å². The molecule has 11 heteroatoms. The molecule has 4 aliphatic rings. The van der Waals surface area contributed by atoms with Crippen LogP contribution in [-0.4, -0.2) is 90.3 Å². The molecule has 276 valence electrons. The van der Waals surface area contributed by atoms with Crippen LogP contribution in [0.4, 0.5) is 22.7 Å². The van der Waals surface area contributed by atoms with Gasteiger partial charge in [0.1, 0.15) is 23.3 Å². The molecule has 0 saturated heterocycles. The minimum Gasteiger partial charge on any atom is -0.427 e. The third-order valence-electron chi connectivity index (χ3n) is 10.8. The summed E-state index contributed by atoms with van der Waals surface area (Å²) in [6.07, 6.45) is 3.65. The zero-order valence-corrected chi connectivity index (χ0v) is 32.6. The van der Waals surface area contributed by atoms with E-state index in [0.717, 1.165) is 66.8 Å². The summed E-state index contributed by atoms with van der Waals surface area (Å²) in [7, 11) is 16.4. The van der Waals surface area contributed by atoms with Crippen LogP contribution in [0.15, 0.2) is 116 Å². The maximum absolute atomic E-state index is 12.3. The molecule has 11 nitrogen and oxygen atoms in total. The molecule has 0 radical (unpaired) electrons. The predicted octanol–water partition coefficient (Wildman–Crippen LogP) is 7.30. The van der Waals surface area contributed by atoms with E-state index < -0.39 is 11.9 Å². The number of carbonyl (C=O) groups is 1. The SMILES string of the molecule is CC(=O)OC1=CC2=NC(C3c4cc(N(C)C)ccc4-c4ccc(N(C)C)cc43)=NC3=NC(n4c5cc(N(C)C)ccc5c5ccc(N(C)C)cc54)=NC(=C1)C23. The Balaban J connectivity index is 1.30. The molecule has 3 heterocycles.